The van der Waals surface area contributed by atoms with E-state index in [1.165, 1.54) is 19.3 Å². The highest BCUT2D eigenvalue weighted by Gasteiger charge is 2.44. The maximum absolute atomic E-state index is 3.64. The van der Waals surface area contributed by atoms with Gasteiger partial charge >= 0.3 is 0 Å². The summed E-state index contributed by atoms with van der Waals surface area (Å²) in [5.74, 6) is 0.981. The van der Waals surface area contributed by atoms with Gasteiger partial charge in [-0.15, -0.1) is 0 Å². The quantitative estimate of drug-likeness (QED) is 0.676. The Morgan fingerprint density at radius 3 is 2.58 bits per heavy atom. The highest BCUT2D eigenvalue weighted by molar-refractivity contribution is 4.97. The third kappa shape index (κ3) is 1.17. The highest BCUT2D eigenvalue weighted by atomic mass is 15.6. The molecule has 0 aromatic carbocycles. The lowest BCUT2D eigenvalue weighted by atomic mass is 9.72. The summed E-state index contributed by atoms with van der Waals surface area (Å²) in [4.78, 5) is 0. The fraction of sp³-hybridized carbons (Fsp3) is 1.00. The van der Waals surface area contributed by atoms with Gasteiger partial charge < -0.3 is 0 Å². The molecule has 3 fully saturated rings. The van der Waals surface area contributed by atoms with E-state index >= 15 is 0 Å². The number of fused-ring (bicyclic) bond motifs is 2. The van der Waals surface area contributed by atoms with Crippen molar-refractivity contribution in [3.63, 3.8) is 0 Å². The first-order valence-corrected chi connectivity index (χ1v) is 5.27. The zero-order chi connectivity index (χ0) is 8.72. The van der Waals surface area contributed by atoms with Crippen LogP contribution in [0.15, 0.2) is 0 Å². The van der Waals surface area contributed by atoms with Crippen LogP contribution >= 0.6 is 0 Å². The Morgan fingerprint density at radius 1 is 1.42 bits per heavy atom. The Hall–Kier alpha value is -0.0800. The maximum atomic E-state index is 3.64. The second-order valence-electron chi connectivity index (χ2n) is 4.53. The van der Waals surface area contributed by atoms with Crippen molar-refractivity contribution >= 4 is 0 Å². The normalized spacial score (nSPS) is 41.5. The minimum atomic E-state index is 0.658. The maximum Gasteiger partial charge on any atom is 0.0253 e. The van der Waals surface area contributed by atoms with Gasteiger partial charge in [-0.25, -0.2) is 5.01 Å². The van der Waals surface area contributed by atoms with Gasteiger partial charge in [-0.2, -0.15) is 0 Å². The van der Waals surface area contributed by atoms with Crippen molar-refractivity contribution in [3.8, 4) is 0 Å². The van der Waals surface area contributed by atoms with E-state index in [0.29, 0.717) is 6.04 Å². The molecule has 0 aromatic rings. The van der Waals surface area contributed by atoms with Crippen LogP contribution in [0.3, 0.4) is 0 Å². The predicted molar refractivity (Wildman–Crippen MR) is 50.7 cm³/mol. The smallest absolute Gasteiger partial charge is 0.0253 e. The molecule has 0 unspecified atom stereocenters. The zero-order valence-electron chi connectivity index (χ0n) is 8.38. The van der Waals surface area contributed by atoms with Gasteiger partial charge in [-0.3, -0.25) is 5.43 Å². The van der Waals surface area contributed by atoms with Gasteiger partial charge in [-0.1, -0.05) is 6.92 Å². The van der Waals surface area contributed by atoms with Crippen molar-refractivity contribution in [2.24, 2.45) is 5.92 Å². The van der Waals surface area contributed by atoms with Crippen LogP contribution in [0.25, 0.3) is 0 Å². The lowest BCUT2D eigenvalue weighted by Gasteiger charge is -2.55. The van der Waals surface area contributed by atoms with Gasteiger partial charge in [0.2, 0.25) is 0 Å². The van der Waals surface area contributed by atoms with Crippen LogP contribution in [0.5, 0.6) is 0 Å². The SMILES string of the molecule is CC[C@H]1NN(C(C)C)C2CC1C2. The second-order valence-corrected chi connectivity index (χ2v) is 4.53. The average Bonchev–Trinajstić information content (AvgIpc) is 2.01. The van der Waals surface area contributed by atoms with Crippen LogP contribution in [-0.4, -0.2) is 23.1 Å². The van der Waals surface area contributed by atoms with E-state index in [0.717, 1.165) is 18.0 Å². The molecule has 0 radical (unpaired) electrons. The number of nitrogens with one attached hydrogen (secondary N) is 1. The Labute approximate surface area is 75.3 Å². The minimum absolute atomic E-state index is 0.658. The molecule has 3 aliphatic rings. The summed E-state index contributed by atoms with van der Waals surface area (Å²) in [6.45, 7) is 6.84. The molecule has 12 heavy (non-hydrogen) atoms. The standard InChI is InChI=1S/C10H20N2/c1-4-10-8-5-9(6-8)12(11-10)7(2)3/h7-11H,4-6H2,1-3H3/t8?,9?,10-/m1/s1. The molecule has 0 spiro atoms. The van der Waals surface area contributed by atoms with Crippen molar-refractivity contribution in [2.75, 3.05) is 0 Å². The van der Waals surface area contributed by atoms with Crippen molar-refractivity contribution in [1.82, 2.24) is 10.4 Å². The van der Waals surface area contributed by atoms with Gasteiger partial charge in [0, 0.05) is 18.1 Å². The molecule has 2 saturated heterocycles. The Kier molecular flexibility index (Phi) is 2.13. The molecule has 1 aliphatic carbocycles. The topological polar surface area (TPSA) is 15.3 Å². The van der Waals surface area contributed by atoms with Crippen LogP contribution in [0.2, 0.25) is 0 Å². The molecule has 2 heteroatoms. The Bertz CT molecular complexity index is 161. The third-order valence-electron chi connectivity index (χ3n) is 3.42. The molecule has 70 valence electrons. The molecular formula is C10H20N2. The zero-order valence-corrected chi connectivity index (χ0v) is 8.38. The Balaban J connectivity index is 1.99. The largest absolute Gasteiger partial charge is 0.251 e. The molecule has 1 N–H and O–H groups in total. The first kappa shape index (κ1) is 8.52. The fourth-order valence-electron chi connectivity index (χ4n) is 2.58. The number of rotatable bonds is 2. The first-order chi connectivity index (χ1) is 5.72. The summed E-state index contributed by atoms with van der Waals surface area (Å²) in [6.07, 6.45) is 4.15. The van der Waals surface area contributed by atoms with E-state index in [1.807, 2.05) is 0 Å². The molecule has 0 amide bonds. The van der Waals surface area contributed by atoms with E-state index < -0.39 is 0 Å². The van der Waals surface area contributed by atoms with Crippen LogP contribution in [0.4, 0.5) is 0 Å². The van der Waals surface area contributed by atoms with Gasteiger partial charge in [-0.05, 0) is 39.0 Å². The number of hydrogen-bond donors (Lipinski definition) is 1. The molecule has 2 nitrogen and oxygen atoms in total. The molecule has 2 heterocycles. The van der Waals surface area contributed by atoms with Crippen LogP contribution in [0, 0.1) is 5.92 Å². The van der Waals surface area contributed by atoms with Gasteiger partial charge in [0.1, 0.15) is 0 Å². The second kappa shape index (κ2) is 3.00. The van der Waals surface area contributed by atoms with E-state index in [4.69, 9.17) is 0 Å². The highest BCUT2D eigenvalue weighted by Crippen LogP contribution is 2.39. The average molecular weight is 168 g/mol. The van der Waals surface area contributed by atoms with Crippen LogP contribution in [-0.2, 0) is 0 Å². The van der Waals surface area contributed by atoms with E-state index in [-0.39, 0.29) is 0 Å². The minimum Gasteiger partial charge on any atom is -0.251 e. The summed E-state index contributed by atoms with van der Waals surface area (Å²) in [5, 5.41) is 2.47. The van der Waals surface area contributed by atoms with Gasteiger partial charge in [0.05, 0.1) is 0 Å². The summed E-state index contributed by atoms with van der Waals surface area (Å²) in [6, 6.07) is 2.26. The number of nitrogens with zero attached hydrogens (tertiary/aromatic N) is 1. The molecular weight excluding hydrogens is 148 g/mol. The van der Waals surface area contributed by atoms with E-state index in [9.17, 15) is 0 Å². The first-order valence-electron chi connectivity index (χ1n) is 5.27. The molecule has 1 atom stereocenters. The lowest BCUT2D eigenvalue weighted by Crippen LogP contribution is -2.67. The summed E-state index contributed by atoms with van der Waals surface area (Å²) >= 11 is 0. The molecule has 2 bridgehead atoms. The summed E-state index contributed by atoms with van der Waals surface area (Å²) < 4.78 is 0. The lowest BCUT2D eigenvalue weighted by molar-refractivity contribution is -0.0830. The summed E-state index contributed by atoms with van der Waals surface area (Å²) in [5.41, 5.74) is 3.64. The molecule has 3 rings (SSSR count). The number of hydrazine groups is 1. The predicted octanol–water partition coefficient (Wildman–Crippen LogP) is 1.77. The molecule has 0 aromatic heterocycles. The van der Waals surface area contributed by atoms with Crippen LogP contribution < -0.4 is 5.43 Å². The van der Waals surface area contributed by atoms with Crippen LogP contribution in [0.1, 0.15) is 40.0 Å². The van der Waals surface area contributed by atoms with Gasteiger partial charge in [0.15, 0.2) is 0 Å². The third-order valence-corrected chi connectivity index (χ3v) is 3.42. The van der Waals surface area contributed by atoms with Crippen molar-refractivity contribution in [1.29, 1.82) is 0 Å². The van der Waals surface area contributed by atoms with E-state index in [2.05, 4.69) is 31.2 Å². The van der Waals surface area contributed by atoms with Gasteiger partial charge in [0.25, 0.3) is 0 Å². The number of hydrogen-bond acceptors (Lipinski definition) is 2. The molecule has 1 saturated carbocycles. The monoisotopic (exact) mass is 168 g/mol. The van der Waals surface area contributed by atoms with Crippen molar-refractivity contribution in [2.45, 2.75) is 58.2 Å². The van der Waals surface area contributed by atoms with E-state index in [1.54, 1.807) is 0 Å². The molecule has 2 aliphatic heterocycles. The summed E-state index contributed by atoms with van der Waals surface area (Å²) in [7, 11) is 0. The fourth-order valence-corrected chi connectivity index (χ4v) is 2.58. The van der Waals surface area contributed by atoms with Crippen molar-refractivity contribution in [3.05, 3.63) is 0 Å². The van der Waals surface area contributed by atoms with Crippen molar-refractivity contribution < 1.29 is 0 Å². The Morgan fingerprint density at radius 2 is 2.08 bits per heavy atom.